The molecule has 198 valence electrons. The zero-order valence-corrected chi connectivity index (χ0v) is 22.5. The molecule has 7 nitrogen and oxygen atoms in total. The van der Waals surface area contributed by atoms with Crippen molar-refractivity contribution in [3.8, 4) is 11.5 Å². The molecule has 1 saturated heterocycles. The maximum absolute atomic E-state index is 12.9. The number of carbonyl (C=O) groups excluding carboxylic acids is 2. The number of piperidine rings is 1. The monoisotopic (exact) mass is 489 g/mol. The Morgan fingerprint density at radius 2 is 1.91 bits per heavy atom. The van der Waals surface area contributed by atoms with Gasteiger partial charge in [0.15, 0.2) is 11.5 Å². The molecular weight excluding hydrogens is 442 g/mol. The van der Waals surface area contributed by atoms with Crippen LogP contribution >= 0.6 is 0 Å². The molecule has 2 rings (SSSR count). The highest BCUT2D eigenvalue weighted by Crippen LogP contribution is 2.30. The van der Waals surface area contributed by atoms with Gasteiger partial charge in [-0.05, 0) is 74.5 Å². The maximum atomic E-state index is 12.9. The average Bonchev–Trinajstić information content (AvgIpc) is 2.80. The first-order valence-corrected chi connectivity index (χ1v) is 12.9. The Bertz CT molecular complexity index is 807. The zero-order chi connectivity index (χ0) is 24.9. The van der Waals surface area contributed by atoms with E-state index in [4.69, 9.17) is 9.47 Å². The first-order valence-electron chi connectivity index (χ1n) is 12.9. The summed E-state index contributed by atoms with van der Waals surface area (Å²) in [5, 5.41) is 2.97. The Morgan fingerprint density at radius 1 is 1.14 bits per heavy atom. The molecule has 0 radical (unpaired) electrons. The number of unbranched alkanes of at least 4 members (excludes halogenated alkanes) is 2. The van der Waals surface area contributed by atoms with Crippen LogP contribution in [-0.4, -0.2) is 36.6 Å². The van der Waals surface area contributed by atoms with Gasteiger partial charge in [-0.25, -0.2) is 4.79 Å². The highest BCUT2D eigenvalue weighted by Gasteiger charge is 2.29. The van der Waals surface area contributed by atoms with E-state index in [-0.39, 0.29) is 24.2 Å². The van der Waals surface area contributed by atoms with Gasteiger partial charge in [0.25, 0.3) is 0 Å². The van der Waals surface area contributed by atoms with Crippen LogP contribution in [0.3, 0.4) is 0 Å². The van der Waals surface area contributed by atoms with E-state index in [0.29, 0.717) is 36.3 Å². The summed E-state index contributed by atoms with van der Waals surface area (Å²) in [6.45, 7) is 9.84. The van der Waals surface area contributed by atoms with Crippen molar-refractivity contribution in [3.05, 3.63) is 35.9 Å². The number of rotatable bonds is 12. The fourth-order valence-corrected chi connectivity index (χ4v) is 4.29. The average molecular weight is 490 g/mol. The lowest BCUT2D eigenvalue weighted by molar-refractivity contribution is -0.121. The molecular formula is C28H47N3O4. The van der Waals surface area contributed by atoms with Crippen molar-refractivity contribution in [2.24, 2.45) is 11.8 Å². The summed E-state index contributed by atoms with van der Waals surface area (Å²) in [5.41, 5.74) is 0.903. The van der Waals surface area contributed by atoms with Crippen LogP contribution in [0.25, 0.3) is 0 Å². The van der Waals surface area contributed by atoms with Gasteiger partial charge in [-0.3, -0.25) is 4.79 Å². The van der Waals surface area contributed by atoms with E-state index < -0.39 is 0 Å². The SMILES string of the molecule is COc1cc(CNC(=O)CCCC/C=C/C(C)C)ccc1OC(=O)N1CCCCC1CC(C)C.N. The number of nitrogens with one attached hydrogen (secondary N) is 1. The molecule has 0 saturated carbocycles. The lowest BCUT2D eigenvalue weighted by Gasteiger charge is -2.35. The van der Waals surface area contributed by atoms with Crippen LogP contribution < -0.4 is 20.9 Å². The van der Waals surface area contributed by atoms with Crippen LogP contribution in [-0.2, 0) is 11.3 Å². The van der Waals surface area contributed by atoms with E-state index in [0.717, 1.165) is 57.1 Å². The molecule has 1 heterocycles. The van der Waals surface area contributed by atoms with Crippen LogP contribution in [0, 0.1) is 11.8 Å². The summed E-state index contributed by atoms with van der Waals surface area (Å²) in [7, 11) is 1.56. The quantitative estimate of drug-likeness (QED) is 0.253. The Balaban J connectivity index is 0.00000612. The highest BCUT2D eigenvalue weighted by atomic mass is 16.6. The second kappa shape index (κ2) is 16.2. The van der Waals surface area contributed by atoms with Gasteiger partial charge in [-0.1, -0.05) is 45.9 Å². The Morgan fingerprint density at radius 3 is 2.60 bits per heavy atom. The Kier molecular flexibility index (Phi) is 14.1. The highest BCUT2D eigenvalue weighted by molar-refractivity contribution is 5.76. The predicted octanol–water partition coefficient (Wildman–Crippen LogP) is 6.65. The summed E-state index contributed by atoms with van der Waals surface area (Å²) >= 11 is 0. The van der Waals surface area contributed by atoms with Crippen molar-refractivity contribution in [1.82, 2.24) is 16.4 Å². The van der Waals surface area contributed by atoms with Crippen LogP contribution in [0.5, 0.6) is 11.5 Å². The largest absolute Gasteiger partial charge is 0.493 e. The smallest absolute Gasteiger partial charge is 0.415 e. The van der Waals surface area contributed by atoms with Crippen molar-refractivity contribution < 1.29 is 19.1 Å². The number of benzene rings is 1. The number of hydrogen-bond acceptors (Lipinski definition) is 5. The number of nitrogens with zero attached hydrogens (tertiary/aromatic N) is 1. The van der Waals surface area contributed by atoms with Gasteiger partial charge < -0.3 is 25.8 Å². The minimum absolute atomic E-state index is 0. The molecule has 0 aromatic heterocycles. The summed E-state index contributed by atoms with van der Waals surface area (Å²) in [6.07, 6.45) is 11.7. The van der Waals surface area contributed by atoms with E-state index in [2.05, 4.69) is 45.2 Å². The van der Waals surface area contributed by atoms with Gasteiger partial charge in [0.05, 0.1) is 7.11 Å². The lowest BCUT2D eigenvalue weighted by atomic mass is 9.94. The van der Waals surface area contributed by atoms with Crippen LogP contribution in [0.2, 0.25) is 0 Å². The number of ether oxygens (including phenoxy) is 2. The summed E-state index contributed by atoms with van der Waals surface area (Å²) in [4.78, 5) is 27.0. The minimum atomic E-state index is -0.312. The van der Waals surface area contributed by atoms with Gasteiger partial charge in [0.1, 0.15) is 0 Å². The van der Waals surface area contributed by atoms with Crippen LogP contribution in [0.1, 0.15) is 84.6 Å². The number of methoxy groups -OCH3 is 1. The molecule has 0 aliphatic carbocycles. The van der Waals surface area contributed by atoms with Crippen molar-refractivity contribution in [3.63, 3.8) is 0 Å². The summed E-state index contributed by atoms with van der Waals surface area (Å²) in [5.74, 6) is 2.05. The van der Waals surface area contributed by atoms with Crippen molar-refractivity contribution in [1.29, 1.82) is 0 Å². The minimum Gasteiger partial charge on any atom is -0.493 e. The van der Waals surface area contributed by atoms with Crippen molar-refractivity contribution >= 4 is 12.0 Å². The summed E-state index contributed by atoms with van der Waals surface area (Å²) < 4.78 is 11.2. The Labute approximate surface area is 212 Å². The fraction of sp³-hybridized carbons (Fsp3) is 0.643. The third kappa shape index (κ3) is 11.2. The second-order valence-corrected chi connectivity index (χ2v) is 10.0. The van der Waals surface area contributed by atoms with E-state index in [1.54, 1.807) is 13.2 Å². The molecule has 2 amide bonds. The second-order valence-electron chi connectivity index (χ2n) is 10.0. The van der Waals surface area contributed by atoms with Crippen LogP contribution in [0.4, 0.5) is 4.79 Å². The number of hydrogen-bond donors (Lipinski definition) is 2. The Hall–Kier alpha value is -2.54. The molecule has 1 aliphatic rings. The molecule has 1 unspecified atom stereocenters. The fourth-order valence-electron chi connectivity index (χ4n) is 4.29. The van der Waals surface area contributed by atoms with Gasteiger partial charge in [-0.2, -0.15) is 0 Å². The number of likely N-dealkylation sites (tertiary alicyclic amines) is 1. The molecule has 1 aromatic carbocycles. The number of carbonyl (C=O) groups is 2. The third-order valence-corrected chi connectivity index (χ3v) is 6.07. The number of allylic oxidation sites excluding steroid dienone is 2. The maximum Gasteiger partial charge on any atom is 0.415 e. The van der Waals surface area contributed by atoms with Gasteiger partial charge in [-0.15, -0.1) is 0 Å². The van der Waals surface area contributed by atoms with Gasteiger partial charge in [0, 0.05) is 25.6 Å². The van der Waals surface area contributed by atoms with Crippen molar-refractivity contribution in [2.75, 3.05) is 13.7 Å². The zero-order valence-electron chi connectivity index (χ0n) is 22.5. The molecule has 1 atom stereocenters. The van der Waals surface area contributed by atoms with Crippen molar-refractivity contribution in [2.45, 2.75) is 91.6 Å². The molecule has 1 fully saturated rings. The molecule has 1 aliphatic heterocycles. The molecule has 35 heavy (non-hydrogen) atoms. The van der Waals surface area contributed by atoms with E-state index in [1.165, 1.54) is 0 Å². The molecule has 4 N–H and O–H groups in total. The first kappa shape index (κ1) is 30.5. The lowest BCUT2D eigenvalue weighted by Crippen LogP contribution is -2.45. The van der Waals surface area contributed by atoms with Gasteiger partial charge >= 0.3 is 6.09 Å². The van der Waals surface area contributed by atoms with Gasteiger partial charge in [0.2, 0.25) is 5.91 Å². The van der Waals surface area contributed by atoms with E-state index >= 15 is 0 Å². The first-order chi connectivity index (χ1) is 16.3. The predicted molar refractivity (Wildman–Crippen MR) is 142 cm³/mol. The normalized spacial score (nSPS) is 15.9. The van der Waals surface area contributed by atoms with E-state index in [9.17, 15) is 9.59 Å². The standard InChI is InChI=1S/C28H44N2O4.H3N/c1-21(2)12-8-6-7-9-14-27(31)29-20-23-15-16-25(26(19-23)33-5)34-28(32)30-17-11-10-13-24(30)18-22(3)4;/h8,12,15-16,19,21-22,24H,6-7,9-11,13-14,17-18,20H2,1-5H3,(H,29,31);1H3/b12-8+;. The van der Waals surface area contributed by atoms with E-state index in [1.807, 2.05) is 17.0 Å². The topological polar surface area (TPSA) is 103 Å². The molecule has 0 spiro atoms. The summed E-state index contributed by atoms with van der Waals surface area (Å²) in [6, 6.07) is 5.67. The molecule has 0 bridgehead atoms. The number of amides is 2. The molecule has 7 heteroatoms. The molecule has 1 aromatic rings. The van der Waals surface area contributed by atoms with Crippen LogP contribution in [0.15, 0.2) is 30.4 Å². The third-order valence-electron chi connectivity index (χ3n) is 6.07.